The van der Waals surface area contributed by atoms with Gasteiger partial charge in [-0.25, -0.2) is 5.43 Å². The number of ether oxygens (including phenoxy) is 1. The third-order valence-corrected chi connectivity index (χ3v) is 5.03. The molecule has 0 aliphatic heterocycles. The van der Waals surface area contributed by atoms with Crippen molar-refractivity contribution < 1.29 is 14.5 Å². The third-order valence-electron chi connectivity index (χ3n) is 3.39. The lowest BCUT2D eigenvalue weighted by Crippen LogP contribution is -2.24. The van der Waals surface area contributed by atoms with Gasteiger partial charge in [-0.3, -0.25) is 14.9 Å². The molecule has 8 nitrogen and oxygen atoms in total. The van der Waals surface area contributed by atoms with Crippen molar-refractivity contribution in [3.8, 4) is 5.75 Å². The highest BCUT2D eigenvalue weighted by Crippen LogP contribution is 2.36. The maximum Gasteiger partial charge on any atom is 0.293 e. The first-order valence-corrected chi connectivity index (χ1v) is 10.1. The highest BCUT2D eigenvalue weighted by Gasteiger charge is 2.15. The van der Waals surface area contributed by atoms with Crippen molar-refractivity contribution in [2.75, 3.05) is 25.6 Å². The molecule has 0 heterocycles. The Morgan fingerprint density at radius 3 is 2.46 bits per heavy atom. The van der Waals surface area contributed by atoms with Gasteiger partial charge in [0.1, 0.15) is 11.4 Å². The Labute approximate surface area is 186 Å². The Bertz CT molecular complexity index is 912. The van der Waals surface area contributed by atoms with Gasteiger partial charge in [-0.1, -0.05) is 22.0 Å². The average Bonchev–Trinajstić information content (AvgIpc) is 2.60. The molecule has 0 spiro atoms. The van der Waals surface area contributed by atoms with Gasteiger partial charge < -0.3 is 9.64 Å². The minimum absolute atomic E-state index is 0.0476. The van der Waals surface area contributed by atoms with Crippen LogP contribution in [0.5, 0.6) is 5.75 Å². The first-order chi connectivity index (χ1) is 13.2. The Balaban J connectivity index is 1.98. The first-order valence-electron chi connectivity index (χ1n) is 7.74. The lowest BCUT2D eigenvalue weighted by atomic mass is 10.2. The lowest BCUT2D eigenvalue weighted by molar-refractivity contribution is -0.384. The van der Waals surface area contributed by atoms with E-state index in [-0.39, 0.29) is 12.3 Å². The second-order valence-corrected chi connectivity index (χ2v) is 8.30. The van der Waals surface area contributed by atoms with E-state index in [4.69, 9.17) is 4.74 Å². The van der Waals surface area contributed by atoms with Crippen LogP contribution in [0.2, 0.25) is 0 Å². The van der Waals surface area contributed by atoms with Gasteiger partial charge in [0, 0.05) is 30.2 Å². The summed E-state index contributed by atoms with van der Waals surface area (Å²) in [5.41, 5.74) is 3.24. The number of carbonyl (C=O) groups excluding carboxylic acids is 1. The summed E-state index contributed by atoms with van der Waals surface area (Å²) in [4.78, 5) is 24.3. The summed E-state index contributed by atoms with van der Waals surface area (Å²) in [5, 5.41) is 15.0. The molecular weight excluding hydrogens is 564 g/mol. The number of nitrogens with one attached hydrogen (secondary N) is 1. The molecule has 148 valence electrons. The van der Waals surface area contributed by atoms with E-state index in [1.807, 2.05) is 0 Å². The van der Waals surface area contributed by atoms with Gasteiger partial charge in [-0.15, -0.1) is 0 Å². The number of hydrazone groups is 1. The number of carbonyl (C=O) groups is 1. The maximum absolute atomic E-state index is 11.9. The highest BCUT2D eigenvalue weighted by atomic mass is 79.9. The lowest BCUT2D eigenvalue weighted by Gasteiger charge is -2.12. The van der Waals surface area contributed by atoms with Gasteiger partial charge in [0.2, 0.25) is 0 Å². The molecule has 11 heteroatoms. The van der Waals surface area contributed by atoms with Crippen molar-refractivity contribution in [3.63, 3.8) is 0 Å². The largest absolute Gasteiger partial charge is 0.481 e. The zero-order valence-electron chi connectivity index (χ0n) is 14.8. The van der Waals surface area contributed by atoms with Gasteiger partial charge >= 0.3 is 0 Å². The van der Waals surface area contributed by atoms with Crippen molar-refractivity contribution in [2.24, 2.45) is 5.10 Å². The average molecular weight is 579 g/mol. The van der Waals surface area contributed by atoms with E-state index in [0.29, 0.717) is 25.9 Å². The van der Waals surface area contributed by atoms with Crippen molar-refractivity contribution in [1.29, 1.82) is 0 Å². The number of nitro benzene ring substituents is 1. The van der Waals surface area contributed by atoms with Crippen LogP contribution in [0.1, 0.15) is 5.56 Å². The zero-order chi connectivity index (χ0) is 20.8. The number of halogens is 3. The van der Waals surface area contributed by atoms with E-state index in [1.165, 1.54) is 12.3 Å². The summed E-state index contributed by atoms with van der Waals surface area (Å²) < 4.78 is 7.69. The second kappa shape index (κ2) is 9.99. The summed E-state index contributed by atoms with van der Waals surface area (Å²) in [6, 6.07) is 8.26. The van der Waals surface area contributed by atoms with E-state index in [2.05, 4.69) is 58.3 Å². The van der Waals surface area contributed by atoms with Crippen LogP contribution < -0.4 is 15.1 Å². The Morgan fingerprint density at radius 2 is 1.89 bits per heavy atom. The molecule has 0 saturated heterocycles. The number of nitro groups is 1. The smallest absolute Gasteiger partial charge is 0.293 e. The number of nitrogens with zero attached hydrogens (tertiary/aromatic N) is 3. The van der Waals surface area contributed by atoms with Gasteiger partial charge in [-0.2, -0.15) is 5.10 Å². The van der Waals surface area contributed by atoms with Gasteiger partial charge in [0.15, 0.2) is 6.61 Å². The molecule has 0 aromatic heterocycles. The van der Waals surface area contributed by atoms with E-state index in [1.54, 1.807) is 43.3 Å². The minimum Gasteiger partial charge on any atom is -0.481 e. The predicted molar refractivity (Wildman–Crippen MR) is 118 cm³/mol. The van der Waals surface area contributed by atoms with Crippen LogP contribution in [0.3, 0.4) is 0 Å². The van der Waals surface area contributed by atoms with Crippen LogP contribution in [-0.2, 0) is 4.79 Å². The van der Waals surface area contributed by atoms with E-state index in [0.717, 1.165) is 4.47 Å². The van der Waals surface area contributed by atoms with Crippen molar-refractivity contribution in [3.05, 3.63) is 59.4 Å². The number of benzene rings is 2. The summed E-state index contributed by atoms with van der Waals surface area (Å²) >= 11 is 10.1. The SMILES string of the molecule is CN(C)c1ccc(C=NNC(=O)COc2c(Br)cc(Br)cc2Br)cc1[N+](=O)[O-]. The number of rotatable bonds is 7. The van der Waals surface area contributed by atoms with Crippen molar-refractivity contribution in [1.82, 2.24) is 5.43 Å². The fourth-order valence-corrected chi connectivity index (χ4v) is 4.65. The Kier molecular flexibility index (Phi) is 7.96. The van der Waals surface area contributed by atoms with Crippen molar-refractivity contribution in [2.45, 2.75) is 0 Å². The van der Waals surface area contributed by atoms with Crippen LogP contribution in [-0.4, -0.2) is 37.7 Å². The minimum atomic E-state index is -0.475. The number of anilines is 1. The monoisotopic (exact) mass is 576 g/mol. The molecule has 1 amide bonds. The van der Waals surface area contributed by atoms with Gasteiger partial charge in [0.05, 0.1) is 20.1 Å². The normalized spacial score (nSPS) is 10.8. The summed E-state index contributed by atoms with van der Waals surface area (Å²) in [7, 11) is 3.44. The molecule has 28 heavy (non-hydrogen) atoms. The molecule has 0 unspecified atom stereocenters. The summed E-state index contributed by atoms with van der Waals surface area (Å²) in [6.07, 6.45) is 1.33. The Hall–Kier alpha value is -1.98. The van der Waals surface area contributed by atoms with Crippen LogP contribution in [0.4, 0.5) is 11.4 Å². The van der Waals surface area contributed by atoms with Crippen LogP contribution in [0, 0.1) is 10.1 Å². The van der Waals surface area contributed by atoms with E-state index >= 15 is 0 Å². The van der Waals surface area contributed by atoms with Gasteiger partial charge in [-0.05, 0) is 50.1 Å². The molecular formula is C17H15Br3N4O4. The Morgan fingerprint density at radius 1 is 1.25 bits per heavy atom. The number of hydrogen-bond donors (Lipinski definition) is 1. The molecule has 2 aromatic rings. The highest BCUT2D eigenvalue weighted by molar-refractivity contribution is 9.11. The maximum atomic E-state index is 11.9. The topological polar surface area (TPSA) is 97.1 Å². The van der Waals surface area contributed by atoms with Crippen LogP contribution in [0.15, 0.2) is 48.9 Å². The molecule has 0 aliphatic carbocycles. The fourth-order valence-electron chi connectivity index (χ4n) is 2.16. The standard InChI is InChI=1S/C17H15Br3N4O4/c1-23(2)14-4-3-10(5-15(14)24(26)27)8-21-22-16(25)9-28-17-12(19)6-11(18)7-13(17)20/h3-8H,9H2,1-2H3,(H,22,25). The summed E-state index contributed by atoms with van der Waals surface area (Å²) in [5.74, 6) is 0.00890. The van der Waals surface area contributed by atoms with E-state index in [9.17, 15) is 14.9 Å². The predicted octanol–water partition coefficient (Wildman–Crippen LogP) is 4.48. The first kappa shape index (κ1) is 22.3. The molecule has 2 aromatic carbocycles. The molecule has 0 saturated carbocycles. The second-order valence-electron chi connectivity index (χ2n) is 5.68. The zero-order valence-corrected chi connectivity index (χ0v) is 19.5. The molecule has 0 atom stereocenters. The van der Waals surface area contributed by atoms with E-state index < -0.39 is 10.8 Å². The molecule has 0 bridgehead atoms. The van der Waals surface area contributed by atoms with Crippen LogP contribution in [0.25, 0.3) is 0 Å². The molecule has 2 rings (SSSR count). The van der Waals surface area contributed by atoms with Crippen LogP contribution >= 0.6 is 47.8 Å². The third kappa shape index (κ3) is 6.01. The molecule has 0 fully saturated rings. The molecule has 1 N–H and O–H groups in total. The van der Waals surface area contributed by atoms with Crippen molar-refractivity contribution >= 4 is 71.3 Å². The molecule has 0 aliphatic rings. The fraction of sp³-hybridized carbons (Fsp3) is 0.176. The van der Waals surface area contributed by atoms with Gasteiger partial charge in [0.25, 0.3) is 11.6 Å². The summed E-state index contributed by atoms with van der Waals surface area (Å²) in [6.45, 7) is -0.254. The molecule has 0 radical (unpaired) electrons. The number of amides is 1. The quantitative estimate of drug-likeness (QED) is 0.297. The number of hydrogen-bond acceptors (Lipinski definition) is 6.